The van der Waals surface area contributed by atoms with Crippen LogP contribution in [0, 0.1) is 13.8 Å². The third kappa shape index (κ3) is 5.39. The summed E-state index contributed by atoms with van der Waals surface area (Å²) in [4.78, 5) is 11.2. The van der Waals surface area contributed by atoms with E-state index in [1.165, 1.54) is 12.5 Å². The molecule has 3 N–H and O–H groups in total. The first-order valence-electron chi connectivity index (χ1n) is 7.92. The van der Waals surface area contributed by atoms with E-state index in [0.29, 0.717) is 5.11 Å². The predicted octanol–water partition coefficient (Wildman–Crippen LogP) is 3.97. The number of hydrogen-bond acceptors (Lipinski definition) is 3. The zero-order valence-electron chi connectivity index (χ0n) is 14.8. The Bertz CT molecular complexity index is 830. The van der Waals surface area contributed by atoms with Crippen LogP contribution in [-0.2, 0) is 4.79 Å². The normalized spacial score (nSPS) is 11.0. The molecule has 0 aliphatic carbocycles. The lowest BCUT2D eigenvalue weighted by molar-refractivity contribution is -0.114. The van der Waals surface area contributed by atoms with Crippen LogP contribution in [0.3, 0.4) is 0 Å². The third-order valence-electron chi connectivity index (χ3n) is 3.78. The first-order chi connectivity index (χ1) is 11.9. The van der Waals surface area contributed by atoms with Gasteiger partial charge in [-0.05, 0) is 67.9 Å². The number of carbonyl (C=O) groups is 1. The highest BCUT2D eigenvalue weighted by Gasteiger charge is 2.04. The summed E-state index contributed by atoms with van der Waals surface area (Å²) in [6.45, 7) is 7.46. The molecule has 0 unspecified atom stereocenters. The smallest absolute Gasteiger partial charge is 0.221 e. The molecule has 6 heteroatoms. The summed E-state index contributed by atoms with van der Waals surface area (Å²) >= 11 is 5.30. The van der Waals surface area contributed by atoms with Crippen LogP contribution in [0.1, 0.15) is 30.5 Å². The van der Waals surface area contributed by atoms with Crippen LogP contribution < -0.4 is 16.1 Å². The Morgan fingerprint density at radius 3 is 2.48 bits per heavy atom. The average molecular weight is 354 g/mol. The second kappa shape index (κ2) is 8.39. The molecule has 0 atom stereocenters. The zero-order valence-corrected chi connectivity index (χ0v) is 15.6. The van der Waals surface area contributed by atoms with Crippen molar-refractivity contribution in [2.45, 2.75) is 27.7 Å². The highest BCUT2D eigenvalue weighted by atomic mass is 32.1. The summed E-state index contributed by atoms with van der Waals surface area (Å²) in [7, 11) is 0. The average Bonchev–Trinajstić information content (AvgIpc) is 2.56. The molecule has 0 heterocycles. The maximum Gasteiger partial charge on any atom is 0.221 e. The van der Waals surface area contributed by atoms with Crippen molar-refractivity contribution >= 4 is 40.3 Å². The van der Waals surface area contributed by atoms with Gasteiger partial charge in [-0.15, -0.1) is 0 Å². The van der Waals surface area contributed by atoms with Crippen LogP contribution in [0.25, 0.3) is 0 Å². The number of nitrogens with zero attached hydrogens (tertiary/aromatic N) is 1. The van der Waals surface area contributed by atoms with E-state index in [0.717, 1.165) is 28.2 Å². The number of anilines is 2. The van der Waals surface area contributed by atoms with Gasteiger partial charge in [0.1, 0.15) is 0 Å². The van der Waals surface area contributed by atoms with E-state index in [9.17, 15) is 4.79 Å². The summed E-state index contributed by atoms with van der Waals surface area (Å²) in [5.74, 6) is -0.108. The molecule has 130 valence electrons. The van der Waals surface area contributed by atoms with E-state index in [1.54, 1.807) is 0 Å². The molecule has 2 aromatic carbocycles. The van der Waals surface area contributed by atoms with E-state index in [2.05, 4.69) is 34.2 Å². The van der Waals surface area contributed by atoms with Crippen LogP contribution in [-0.4, -0.2) is 16.7 Å². The topological polar surface area (TPSA) is 65.5 Å². The van der Waals surface area contributed by atoms with E-state index < -0.39 is 0 Å². The molecular formula is C19H22N4OS. The van der Waals surface area contributed by atoms with Crippen molar-refractivity contribution in [1.82, 2.24) is 5.43 Å². The molecule has 0 bridgehead atoms. The monoisotopic (exact) mass is 354 g/mol. The number of benzene rings is 2. The lowest BCUT2D eigenvalue weighted by Crippen LogP contribution is -2.25. The Labute approximate surface area is 153 Å². The maximum atomic E-state index is 11.2. The fourth-order valence-corrected chi connectivity index (χ4v) is 2.42. The fourth-order valence-electron chi connectivity index (χ4n) is 2.26. The Balaban J connectivity index is 2.04. The number of hydrazone groups is 1. The van der Waals surface area contributed by atoms with Crippen LogP contribution in [0.5, 0.6) is 0 Å². The van der Waals surface area contributed by atoms with E-state index in [1.807, 2.05) is 50.2 Å². The Hall–Kier alpha value is -2.73. The summed E-state index contributed by atoms with van der Waals surface area (Å²) in [5.41, 5.74) is 8.55. The van der Waals surface area contributed by atoms with Gasteiger partial charge < -0.3 is 10.6 Å². The molecule has 25 heavy (non-hydrogen) atoms. The molecule has 2 aromatic rings. The lowest BCUT2D eigenvalue weighted by atomic mass is 10.1. The second-order valence-corrected chi connectivity index (χ2v) is 6.18. The summed E-state index contributed by atoms with van der Waals surface area (Å²) in [6.07, 6.45) is 0. The van der Waals surface area contributed by atoms with E-state index in [4.69, 9.17) is 12.2 Å². The molecule has 5 nitrogen and oxygen atoms in total. The van der Waals surface area contributed by atoms with Crippen molar-refractivity contribution < 1.29 is 4.79 Å². The van der Waals surface area contributed by atoms with Crippen LogP contribution in [0.4, 0.5) is 11.4 Å². The highest BCUT2D eigenvalue weighted by Crippen LogP contribution is 2.17. The minimum atomic E-state index is -0.108. The maximum absolute atomic E-state index is 11.2. The van der Waals surface area contributed by atoms with Crippen molar-refractivity contribution in [3.05, 3.63) is 59.2 Å². The number of rotatable bonds is 4. The van der Waals surface area contributed by atoms with Gasteiger partial charge in [0.05, 0.1) is 5.71 Å². The highest BCUT2D eigenvalue weighted by molar-refractivity contribution is 7.80. The van der Waals surface area contributed by atoms with Gasteiger partial charge in [0, 0.05) is 18.3 Å². The van der Waals surface area contributed by atoms with Crippen molar-refractivity contribution in [3.8, 4) is 0 Å². The molecule has 1 amide bonds. The minimum absolute atomic E-state index is 0.108. The largest absolute Gasteiger partial charge is 0.331 e. The Morgan fingerprint density at radius 1 is 1.04 bits per heavy atom. The number of amides is 1. The zero-order chi connectivity index (χ0) is 18.4. The SMILES string of the molecule is CC(=O)Nc1cccc(C(C)=NNC(=S)Nc2cccc(C)c2C)c1. The molecular weight excluding hydrogens is 332 g/mol. The summed E-state index contributed by atoms with van der Waals surface area (Å²) in [5, 5.41) is 10.6. The number of nitrogens with one attached hydrogen (secondary N) is 3. The minimum Gasteiger partial charge on any atom is -0.331 e. The number of aryl methyl sites for hydroxylation is 1. The lowest BCUT2D eigenvalue weighted by Gasteiger charge is -2.12. The van der Waals surface area contributed by atoms with Gasteiger partial charge in [-0.25, -0.2) is 0 Å². The van der Waals surface area contributed by atoms with Gasteiger partial charge in [0.2, 0.25) is 5.91 Å². The fraction of sp³-hybridized carbons (Fsp3) is 0.211. The Kier molecular flexibility index (Phi) is 6.25. The van der Waals surface area contributed by atoms with Gasteiger partial charge in [-0.1, -0.05) is 24.3 Å². The quantitative estimate of drug-likeness (QED) is 0.441. The first-order valence-corrected chi connectivity index (χ1v) is 8.33. The van der Waals surface area contributed by atoms with Crippen molar-refractivity contribution in [3.63, 3.8) is 0 Å². The van der Waals surface area contributed by atoms with Gasteiger partial charge in [0.15, 0.2) is 5.11 Å². The van der Waals surface area contributed by atoms with E-state index in [-0.39, 0.29) is 5.91 Å². The van der Waals surface area contributed by atoms with Crippen LogP contribution in [0.15, 0.2) is 47.6 Å². The van der Waals surface area contributed by atoms with Crippen LogP contribution >= 0.6 is 12.2 Å². The molecule has 0 saturated heterocycles. The predicted molar refractivity (Wildman–Crippen MR) is 108 cm³/mol. The summed E-state index contributed by atoms with van der Waals surface area (Å²) in [6, 6.07) is 13.5. The number of carbonyl (C=O) groups excluding carboxylic acids is 1. The number of hydrogen-bond donors (Lipinski definition) is 3. The molecule has 0 aliphatic heterocycles. The van der Waals surface area contributed by atoms with E-state index >= 15 is 0 Å². The first kappa shape index (κ1) is 18.6. The molecule has 0 radical (unpaired) electrons. The van der Waals surface area contributed by atoms with Crippen molar-refractivity contribution in [2.75, 3.05) is 10.6 Å². The molecule has 0 saturated carbocycles. The standard InChI is InChI=1S/C19H22N4OS/c1-12-7-5-10-18(13(12)2)21-19(25)23-22-14(3)16-8-6-9-17(11-16)20-15(4)24/h5-11H,1-4H3,(H,20,24)(H2,21,23,25). The van der Waals surface area contributed by atoms with Gasteiger partial charge in [-0.3, -0.25) is 10.2 Å². The molecule has 0 aromatic heterocycles. The van der Waals surface area contributed by atoms with Gasteiger partial charge in [-0.2, -0.15) is 5.10 Å². The molecule has 2 rings (SSSR count). The molecule has 0 spiro atoms. The molecule has 0 aliphatic rings. The van der Waals surface area contributed by atoms with Crippen molar-refractivity contribution in [1.29, 1.82) is 0 Å². The third-order valence-corrected chi connectivity index (χ3v) is 3.97. The summed E-state index contributed by atoms with van der Waals surface area (Å²) < 4.78 is 0. The van der Waals surface area contributed by atoms with Gasteiger partial charge >= 0.3 is 0 Å². The number of thiocarbonyl (C=S) groups is 1. The second-order valence-electron chi connectivity index (χ2n) is 5.77. The Morgan fingerprint density at radius 2 is 1.76 bits per heavy atom. The van der Waals surface area contributed by atoms with Gasteiger partial charge in [0.25, 0.3) is 0 Å². The van der Waals surface area contributed by atoms with Crippen molar-refractivity contribution in [2.24, 2.45) is 5.10 Å². The molecule has 0 fully saturated rings. The van der Waals surface area contributed by atoms with Crippen LogP contribution in [0.2, 0.25) is 0 Å².